The molecule has 0 bridgehead atoms. The van der Waals surface area contributed by atoms with E-state index < -0.39 is 0 Å². The molecule has 0 saturated carbocycles. The first-order valence-corrected chi connectivity index (χ1v) is 24.1. The van der Waals surface area contributed by atoms with Crippen LogP contribution in [0.1, 0.15) is 198 Å². The summed E-state index contributed by atoms with van der Waals surface area (Å²) in [4.78, 5) is 0. The summed E-state index contributed by atoms with van der Waals surface area (Å²) >= 11 is 0. The Morgan fingerprint density at radius 3 is 1.67 bits per heavy atom. The highest BCUT2D eigenvalue weighted by molar-refractivity contribution is 5.83. The second kappa shape index (κ2) is 22.1. The van der Waals surface area contributed by atoms with Crippen LogP contribution in [-0.4, -0.2) is 0 Å². The fraction of sp³-hybridized carbons (Fsp3) is 0.517. The van der Waals surface area contributed by atoms with Crippen molar-refractivity contribution in [3.63, 3.8) is 0 Å². The van der Waals surface area contributed by atoms with Crippen LogP contribution in [0.5, 0.6) is 0 Å². The number of hydrogen-bond acceptors (Lipinski definition) is 0. The fourth-order valence-electron chi connectivity index (χ4n) is 10.7. The number of unbranched alkanes of at least 4 members (excludes halogenated alkanes) is 9. The second-order valence-electron chi connectivity index (χ2n) is 18.3. The molecular formula is C58H80. The Hall–Kier alpha value is -3.64. The van der Waals surface area contributed by atoms with Crippen LogP contribution in [0, 0.1) is 11.8 Å². The third-order valence-corrected chi connectivity index (χ3v) is 14.8. The molecule has 0 heteroatoms. The van der Waals surface area contributed by atoms with E-state index in [0.29, 0.717) is 11.8 Å². The van der Waals surface area contributed by atoms with Crippen molar-refractivity contribution in [3.05, 3.63) is 143 Å². The minimum atomic E-state index is -0.0647. The molecule has 1 aliphatic rings. The monoisotopic (exact) mass is 777 g/mol. The van der Waals surface area contributed by atoms with Crippen LogP contribution < -0.4 is 0 Å². The molecule has 0 N–H and O–H groups in total. The van der Waals surface area contributed by atoms with E-state index in [-0.39, 0.29) is 16.2 Å². The number of benzene rings is 4. The Morgan fingerprint density at radius 1 is 0.517 bits per heavy atom. The highest BCUT2D eigenvalue weighted by Crippen LogP contribution is 2.60. The van der Waals surface area contributed by atoms with Gasteiger partial charge in [0.25, 0.3) is 0 Å². The van der Waals surface area contributed by atoms with Gasteiger partial charge < -0.3 is 0 Å². The van der Waals surface area contributed by atoms with Crippen molar-refractivity contribution in [2.75, 3.05) is 0 Å². The molecule has 0 amide bonds. The lowest BCUT2D eigenvalue weighted by Gasteiger charge is -2.45. The van der Waals surface area contributed by atoms with Crippen molar-refractivity contribution in [2.24, 2.45) is 11.8 Å². The van der Waals surface area contributed by atoms with Crippen LogP contribution in [0.3, 0.4) is 0 Å². The fourth-order valence-corrected chi connectivity index (χ4v) is 10.7. The zero-order chi connectivity index (χ0) is 41.4. The normalized spacial score (nSPS) is 17.4. The summed E-state index contributed by atoms with van der Waals surface area (Å²) in [6, 6.07) is 37.4. The van der Waals surface area contributed by atoms with Gasteiger partial charge in [-0.25, -0.2) is 0 Å². The van der Waals surface area contributed by atoms with Crippen molar-refractivity contribution >= 4 is 12.2 Å². The molecule has 0 spiro atoms. The standard InChI is InChI=1S/C58H80/c1-9-15-17-19-21-24-30-46(7)58(49(11-3)33-27-20-18-16-10-2)54-44-48(41-43-57(13-5,14-6)50-34-28-23-29-35-50)36-38-52(54)53-39-37-51(45-55(53)58)56(8,12-4)42-40-47-31-25-22-26-32-47/h22-23,25-26,28-29,31-32,34-46,49H,9-21,24,27,30,33H2,1-8H3. The maximum atomic E-state index is 2.72. The van der Waals surface area contributed by atoms with Crippen molar-refractivity contribution in [2.45, 2.75) is 181 Å². The Labute approximate surface area is 357 Å². The molecule has 0 aromatic heterocycles. The predicted molar refractivity (Wildman–Crippen MR) is 258 cm³/mol. The Morgan fingerprint density at radius 2 is 1.07 bits per heavy atom. The molecule has 0 nitrogen and oxygen atoms in total. The van der Waals surface area contributed by atoms with Gasteiger partial charge in [0, 0.05) is 16.2 Å². The molecule has 4 aromatic carbocycles. The highest BCUT2D eigenvalue weighted by Gasteiger charge is 2.51. The summed E-state index contributed by atoms with van der Waals surface area (Å²) in [5.74, 6) is 1.12. The maximum Gasteiger partial charge on any atom is 0.0269 e. The van der Waals surface area contributed by atoms with Crippen LogP contribution in [0.4, 0.5) is 0 Å². The van der Waals surface area contributed by atoms with Crippen LogP contribution in [0.2, 0.25) is 0 Å². The third kappa shape index (κ3) is 10.2. The van der Waals surface area contributed by atoms with Gasteiger partial charge in [-0.2, -0.15) is 0 Å². The first kappa shape index (κ1) is 45.4. The third-order valence-electron chi connectivity index (χ3n) is 14.8. The molecule has 5 rings (SSSR count). The largest absolute Gasteiger partial charge is 0.0736 e. The average Bonchev–Trinajstić information content (AvgIpc) is 3.56. The van der Waals surface area contributed by atoms with Gasteiger partial charge in [-0.15, -0.1) is 0 Å². The molecule has 0 fully saturated rings. The Kier molecular flexibility index (Phi) is 17.3. The lowest BCUT2D eigenvalue weighted by molar-refractivity contribution is 0.195. The quantitative estimate of drug-likeness (QED) is 0.0588. The van der Waals surface area contributed by atoms with E-state index in [1.807, 2.05) is 0 Å². The van der Waals surface area contributed by atoms with Gasteiger partial charge in [-0.05, 0) is 88.4 Å². The predicted octanol–water partition coefficient (Wildman–Crippen LogP) is 17.9. The van der Waals surface area contributed by atoms with E-state index in [1.165, 1.54) is 123 Å². The first-order chi connectivity index (χ1) is 28.3. The molecule has 0 radical (unpaired) electrons. The first-order valence-electron chi connectivity index (χ1n) is 24.1. The van der Waals surface area contributed by atoms with Crippen LogP contribution in [0.15, 0.2) is 109 Å². The van der Waals surface area contributed by atoms with Crippen LogP contribution in [-0.2, 0) is 16.2 Å². The lowest BCUT2D eigenvalue weighted by atomic mass is 9.57. The van der Waals surface area contributed by atoms with Crippen molar-refractivity contribution < 1.29 is 0 Å². The van der Waals surface area contributed by atoms with Gasteiger partial charge in [-0.1, -0.05) is 254 Å². The molecule has 0 saturated heterocycles. The molecule has 58 heavy (non-hydrogen) atoms. The minimum Gasteiger partial charge on any atom is -0.0736 e. The molecule has 1 aliphatic carbocycles. The van der Waals surface area contributed by atoms with E-state index in [2.05, 4.69) is 177 Å². The number of rotatable bonds is 25. The van der Waals surface area contributed by atoms with Gasteiger partial charge >= 0.3 is 0 Å². The van der Waals surface area contributed by atoms with Crippen LogP contribution >= 0.6 is 0 Å². The van der Waals surface area contributed by atoms with Gasteiger partial charge in [0.1, 0.15) is 0 Å². The molecular weight excluding hydrogens is 697 g/mol. The van der Waals surface area contributed by atoms with E-state index in [9.17, 15) is 0 Å². The summed E-state index contributed by atoms with van der Waals surface area (Å²) in [7, 11) is 0. The minimum absolute atomic E-state index is 0.0304. The van der Waals surface area contributed by atoms with Crippen molar-refractivity contribution in [3.8, 4) is 11.1 Å². The molecule has 0 heterocycles. The summed E-state index contributed by atoms with van der Waals surface area (Å²) in [6.07, 6.45) is 31.7. The number of allylic oxidation sites excluding steroid dienone is 2. The highest BCUT2D eigenvalue weighted by atomic mass is 14.5. The SMILES string of the molecule is CCCCCCCCC(C)C1(C(CC)CCCCCCC)c2cc(C=CC(CC)(CC)c3ccccc3)ccc2-c2ccc(C(C)(C=Cc3ccccc3)CC)cc21. The topological polar surface area (TPSA) is 0 Å². The number of hydrogen-bond donors (Lipinski definition) is 0. The smallest absolute Gasteiger partial charge is 0.0269 e. The molecule has 4 aromatic rings. The van der Waals surface area contributed by atoms with E-state index in [0.717, 1.165) is 19.3 Å². The molecule has 312 valence electrons. The van der Waals surface area contributed by atoms with E-state index in [1.54, 1.807) is 11.1 Å². The maximum absolute atomic E-state index is 2.72. The lowest BCUT2D eigenvalue weighted by Crippen LogP contribution is -2.41. The van der Waals surface area contributed by atoms with Gasteiger partial charge in [0.05, 0.1) is 0 Å². The Balaban J connectivity index is 1.68. The number of fused-ring (bicyclic) bond motifs is 3. The zero-order valence-electron chi connectivity index (χ0n) is 38.2. The summed E-state index contributed by atoms with van der Waals surface area (Å²) < 4.78 is 0. The Bertz CT molecular complexity index is 1850. The van der Waals surface area contributed by atoms with E-state index in [4.69, 9.17) is 0 Å². The average molecular weight is 777 g/mol. The van der Waals surface area contributed by atoms with Crippen molar-refractivity contribution in [1.82, 2.24) is 0 Å². The molecule has 4 atom stereocenters. The van der Waals surface area contributed by atoms with Gasteiger partial charge in [0.15, 0.2) is 0 Å². The summed E-state index contributed by atoms with van der Waals surface area (Å²) in [5, 5.41) is 0. The summed E-state index contributed by atoms with van der Waals surface area (Å²) in [5.41, 5.74) is 11.6. The summed E-state index contributed by atoms with van der Waals surface area (Å²) in [6.45, 7) is 19.4. The van der Waals surface area contributed by atoms with E-state index >= 15 is 0 Å². The molecule has 4 unspecified atom stereocenters. The zero-order valence-corrected chi connectivity index (χ0v) is 38.2. The second-order valence-corrected chi connectivity index (χ2v) is 18.3. The van der Waals surface area contributed by atoms with Crippen LogP contribution in [0.25, 0.3) is 23.3 Å². The van der Waals surface area contributed by atoms with Gasteiger partial charge in [-0.3, -0.25) is 0 Å². The molecule has 0 aliphatic heterocycles. The van der Waals surface area contributed by atoms with Gasteiger partial charge in [0.2, 0.25) is 0 Å². The van der Waals surface area contributed by atoms with Crippen molar-refractivity contribution in [1.29, 1.82) is 0 Å².